The van der Waals surface area contributed by atoms with Crippen LogP contribution in [0.5, 0.6) is 5.75 Å². The topological polar surface area (TPSA) is 18.5 Å². The molecule has 0 saturated carbocycles. The molecular formula is C21H30O2S. The maximum absolute atomic E-state index is 5.97. The number of hydrogen-bond acceptors (Lipinski definition) is 3. The summed E-state index contributed by atoms with van der Waals surface area (Å²) in [5, 5.41) is 0. The van der Waals surface area contributed by atoms with Crippen molar-refractivity contribution < 1.29 is 9.47 Å². The van der Waals surface area contributed by atoms with Crippen molar-refractivity contribution >= 4 is 11.8 Å². The summed E-state index contributed by atoms with van der Waals surface area (Å²) in [6.45, 7) is 10.8. The highest BCUT2D eigenvalue weighted by molar-refractivity contribution is 7.99. The molecule has 1 atom stereocenters. The van der Waals surface area contributed by atoms with Crippen LogP contribution in [-0.4, -0.2) is 24.6 Å². The Labute approximate surface area is 151 Å². The molecule has 0 aliphatic heterocycles. The Hall–Kier alpha value is -1.45. The van der Waals surface area contributed by atoms with Gasteiger partial charge in [-0.3, -0.25) is 0 Å². The SMILES string of the molecule is CC.Cc1ccc(OCC(CSc2ccccc2)OC(C)C)cc1. The predicted octanol–water partition coefficient (Wildman–Crippen LogP) is 5.99. The summed E-state index contributed by atoms with van der Waals surface area (Å²) < 4.78 is 11.8. The second kappa shape index (κ2) is 12.0. The van der Waals surface area contributed by atoms with Crippen molar-refractivity contribution in [1.82, 2.24) is 0 Å². The normalized spacial score (nSPS) is 11.6. The predicted molar refractivity (Wildman–Crippen MR) is 105 cm³/mol. The van der Waals surface area contributed by atoms with Gasteiger partial charge in [-0.2, -0.15) is 0 Å². The van der Waals surface area contributed by atoms with Crippen LogP contribution in [0.15, 0.2) is 59.5 Å². The fraction of sp³-hybridized carbons (Fsp3) is 0.429. The molecule has 2 aromatic rings. The van der Waals surface area contributed by atoms with Gasteiger partial charge in [0.25, 0.3) is 0 Å². The third kappa shape index (κ3) is 8.42. The maximum atomic E-state index is 5.97. The number of rotatable bonds is 8. The quantitative estimate of drug-likeness (QED) is 0.547. The molecule has 0 fully saturated rings. The maximum Gasteiger partial charge on any atom is 0.119 e. The van der Waals surface area contributed by atoms with Gasteiger partial charge in [-0.1, -0.05) is 49.7 Å². The molecular weight excluding hydrogens is 316 g/mol. The monoisotopic (exact) mass is 346 g/mol. The van der Waals surface area contributed by atoms with Crippen LogP contribution in [0.3, 0.4) is 0 Å². The van der Waals surface area contributed by atoms with E-state index in [9.17, 15) is 0 Å². The summed E-state index contributed by atoms with van der Waals surface area (Å²) in [7, 11) is 0. The van der Waals surface area contributed by atoms with Gasteiger partial charge in [0.2, 0.25) is 0 Å². The lowest BCUT2D eigenvalue weighted by molar-refractivity contribution is -0.00354. The Morgan fingerprint density at radius 2 is 1.54 bits per heavy atom. The van der Waals surface area contributed by atoms with Crippen LogP contribution >= 0.6 is 11.8 Å². The van der Waals surface area contributed by atoms with E-state index in [1.807, 2.05) is 32.0 Å². The summed E-state index contributed by atoms with van der Waals surface area (Å²) in [6.07, 6.45) is 0.273. The van der Waals surface area contributed by atoms with Gasteiger partial charge in [0.05, 0.1) is 6.10 Å². The molecule has 0 radical (unpaired) electrons. The molecule has 2 rings (SSSR count). The summed E-state index contributed by atoms with van der Waals surface area (Å²) in [5.74, 6) is 1.78. The summed E-state index contributed by atoms with van der Waals surface area (Å²) in [4.78, 5) is 1.26. The minimum absolute atomic E-state index is 0.0755. The molecule has 0 N–H and O–H groups in total. The Kier molecular flexibility index (Phi) is 10.3. The highest BCUT2D eigenvalue weighted by atomic mass is 32.2. The van der Waals surface area contributed by atoms with Gasteiger partial charge >= 0.3 is 0 Å². The molecule has 0 aromatic heterocycles. The highest BCUT2D eigenvalue weighted by Gasteiger charge is 2.13. The standard InChI is InChI=1S/C19H24O2S.C2H6/c1-15(2)21-18(14-22-19-7-5-4-6-8-19)13-20-17-11-9-16(3)10-12-17;1-2/h4-12,15,18H,13-14H2,1-3H3;1-2H3. The number of ether oxygens (including phenoxy) is 2. The molecule has 2 aromatic carbocycles. The van der Waals surface area contributed by atoms with Crippen LogP contribution in [-0.2, 0) is 4.74 Å². The lowest BCUT2D eigenvalue weighted by Gasteiger charge is -2.20. The van der Waals surface area contributed by atoms with Crippen molar-refractivity contribution in [2.75, 3.05) is 12.4 Å². The van der Waals surface area contributed by atoms with Crippen LogP contribution in [0.4, 0.5) is 0 Å². The van der Waals surface area contributed by atoms with Crippen molar-refractivity contribution in [3.8, 4) is 5.75 Å². The summed E-state index contributed by atoms with van der Waals surface area (Å²) in [6, 6.07) is 18.5. The van der Waals surface area contributed by atoms with E-state index in [1.54, 1.807) is 11.8 Å². The Balaban J connectivity index is 0.00000139. The zero-order valence-corrected chi connectivity index (χ0v) is 16.3. The Morgan fingerprint density at radius 1 is 0.917 bits per heavy atom. The van der Waals surface area contributed by atoms with E-state index in [0.717, 1.165) is 11.5 Å². The molecule has 3 heteroatoms. The van der Waals surface area contributed by atoms with Gasteiger partial charge < -0.3 is 9.47 Å². The van der Waals surface area contributed by atoms with Gasteiger partial charge in [0.1, 0.15) is 18.5 Å². The molecule has 0 saturated heterocycles. The number of hydrogen-bond donors (Lipinski definition) is 0. The van der Waals surface area contributed by atoms with Gasteiger partial charge in [-0.05, 0) is 45.0 Å². The van der Waals surface area contributed by atoms with Crippen molar-refractivity contribution in [1.29, 1.82) is 0 Å². The molecule has 0 heterocycles. The van der Waals surface area contributed by atoms with Crippen LogP contribution in [0, 0.1) is 6.92 Å². The van der Waals surface area contributed by atoms with E-state index < -0.39 is 0 Å². The van der Waals surface area contributed by atoms with Crippen molar-refractivity contribution in [2.45, 2.75) is 51.7 Å². The molecule has 132 valence electrons. The van der Waals surface area contributed by atoms with Gasteiger partial charge in [-0.15, -0.1) is 11.8 Å². The average molecular weight is 347 g/mol. The van der Waals surface area contributed by atoms with Crippen molar-refractivity contribution in [2.24, 2.45) is 0 Å². The molecule has 24 heavy (non-hydrogen) atoms. The van der Waals surface area contributed by atoms with E-state index in [1.165, 1.54) is 10.5 Å². The third-order valence-electron chi connectivity index (χ3n) is 3.10. The third-order valence-corrected chi connectivity index (χ3v) is 4.24. The first-order valence-corrected chi connectivity index (χ1v) is 9.65. The van der Waals surface area contributed by atoms with E-state index in [2.05, 4.69) is 57.2 Å². The summed E-state index contributed by atoms with van der Waals surface area (Å²) in [5.41, 5.74) is 1.24. The Bertz CT molecular complexity index is 538. The molecule has 0 aliphatic carbocycles. The van der Waals surface area contributed by atoms with Gasteiger partial charge in [0, 0.05) is 10.6 Å². The lowest BCUT2D eigenvalue weighted by atomic mass is 10.2. The number of aryl methyl sites for hydroxylation is 1. The molecule has 0 amide bonds. The highest BCUT2D eigenvalue weighted by Crippen LogP contribution is 2.20. The Morgan fingerprint density at radius 3 is 2.12 bits per heavy atom. The van der Waals surface area contributed by atoms with E-state index in [-0.39, 0.29) is 12.2 Å². The van der Waals surface area contributed by atoms with Crippen LogP contribution in [0.2, 0.25) is 0 Å². The largest absolute Gasteiger partial charge is 0.491 e. The van der Waals surface area contributed by atoms with E-state index >= 15 is 0 Å². The van der Waals surface area contributed by atoms with Crippen LogP contribution in [0.25, 0.3) is 0 Å². The van der Waals surface area contributed by atoms with Crippen molar-refractivity contribution in [3.05, 3.63) is 60.2 Å². The van der Waals surface area contributed by atoms with E-state index in [0.29, 0.717) is 6.61 Å². The van der Waals surface area contributed by atoms with Crippen molar-refractivity contribution in [3.63, 3.8) is 0 Å². The smallest absolute Gasteiger partial charge is 0.119 e. The molecule has 1 unspecified atom stereocenters. The fourth-order valence-corrected chi connectivity index (χ4v) is 2.94. The first-order chi connectivity index (χ1) is 11.6. The first kappa shape index (κ1) is 20.6. The lowest BCUT2D eigenvalue weighted by Crippen LogP contribution is -2.27. The summed E-state index contributed by atoms with van der Waals surface area (Å²) >= 11 is 1.80. The second-order valence-corrected chi connectivity index (χ2v) is 6.65. The van der Waals surface area contributed by atoms with Crippen LogP contribution in [0.1, 0.15) is 33.3 Å². The molecule has 0 spiro atoms. The molecule has 0 aliphatic rings. The molecule has 2 nitrogen and oxygen atoms in total. The van der Waals surface area contributed by atoms with Gasteiger partial charge in [-0.25, -0.2) is 0 Å². The zero-order valence-electron chi connectivity index (χ0n) is 15.5. The zero-order chi connectivity index (χ0) is 17.8. The molecule has 0 bridgehead atoms. The fourth-order valence-electron chi connectivity index (χ4n) is 2.04. The number of benzene rings is 2. The number of thioether (sulfide) groups is 1. The minimum Gasteiger partial charge on any atom is -0.491 e. The minimum atomic E-state index is 0.0755. The van der Waals surface area contributed by atoms with Crippen LogP contribution < -0.4 is 4.74 Å². The average Bonchev–Trinajstić information content (AvgIpc) is 2.61. The first-order valence-electron chi connectivity index (χ1n) is 8.66. The van der Waals surface area contributed by atoms with E-state index in [4.69, 9.17) is 9.47 Å². The second-order valence-electron chi connectivity index (χ2n) is 5.55. The van der Waals surface area contributed by atoms with Gasteiger partial charge in [0.15, 0.2) is 0 Å².